The number of benzene rings is 2. The van der Waals surface area contributed by atoms with Gasteiger partial charge in [0, 0.05) is 17.5 Å². The van der Waals surface area contributed by atoms with Crippen molar-refractivity contribution in [2.24, 2.45) is 5.92 Å². The molecule has 0 saturated carbocycles. The Morgan fingerprint density at radius 1 is 0.970 bits per heavy atom. The van der Waals surface area contributed by atoms with Gasteiger partial charge in [-0.1, -0.05) is 19.4 Å². The first-order valence-corrected chi connectivity index (χ1v) is 11.1. The van der Waals surface area contributed by atoms with E-state index < -0.39 is 46.7 Å². The molecule has 2 aromatic carbocycles. The van der Waals surface area contributed by atoms with Gasteiger partial charge in [0.15, 0.2) is 23.0 Å². The van der Waals surface area contributed by atoms with Gasteiger partial charge in [0.1, 0.15) is 0 Å². The third kappa shape index (κ3) is 4.60. The fraction of sp³-hybridized carbons (Fsp3) is 0.500. The average molecular weight is 472 g/mol. The molecule has 4 rings (SSSR count). The first-order chi connectivity index (χ1) is 15.7. The number of ether oxygens (including phenoxy) is 4. The molecular weight excluding hydrogens is 447 g/mol. The van der Waals surface area contributed by atoms with Crippen LogP contribution in [0.25, 0.3) is 0 Å². The van der Waals surface area contributed by atoms with Crippen molar-refractivity contribution in [2.45, 2.75) is 58.2 Å². The molecule has 0 bridgehead atoms. The summed E-state index contributed by atoms with van der Waals surface area (Å²) < 4.78 is 94.0. The second kappa shape index (κ2) is 9.37. The van der Waals surface area contributed by atoms with Gasteiger partial charge in [0.05, 0.1) is 25.2 Å². The molecule has 0 aliphatic carbocycles. The fourth-order valence-electron chi connectivity index (χ4n) is 4.20. The van der Waals surface area contributed by atoms with Gasteiger partial charge in [0.25, 0.3) is 0 Å². The highest BCUT2D eigenvalue weighted by Gasteiger charge is 2.45. The molecule has 0 amide bonds. The van der Waals surface area contributed by atoms with Gasteiger partial charge in [0.2, 0.25) is 17.5 Å². The maximum Gasteiger partial charge on any atom is 0.403 e. The molecule has 2 atom stereocenters. The Bertz CT molecular complexity index is 1020. The van der Waals surface area contributed by atoms with E-state index in [9.17, 15) is 17.6 Å². The van der Waals surface area contributed by atoms with Crippen LogP contribution in [-0.4, -0.2) is 25.4 Å². The van der Waals surface area contributed by atoms with Gasteiger partial charge in [-0.2, -0.15) is 22.0 Å². The lowest BCUT2D eigenvalue weighted by Crippen LogP contribution is -2.41. The van der Waals surface area contributed by atoms with E-state index in [0.29, 0.717) is 6.42 Å². The molecule has 4 nitrogen and oxygen atoms in total. The first-order valence-electron chi connectivity index (χ1n) is 11.1. The minimum absolute atomic E-state index is 0.00478. The normalized spacial score (nSPS) is 20.0. The molecule has 33 heavy (non-hydrogen) atoms. The number of halogens is 5. The molecule has 1 saturated heterocycles. The van der Waals surface area contributed by atoms with Crippen LogP contribution < -0.4 is 14.2 Å². The van der Waals surface area contributed by atoms with Crippen molar-refractivity contribution >= 4 is 0 Å². The Labute approximate surface area is 188 Å². The van der Waals surface area contributed by atoms with Crippen LogP contribution in [0.2, 0.25) is 0 Å². The van der Waals surface area contributed by atoms with Crippen LogP contribution in [0.1, 0.15) is 50.7 Å². The molecule has 0 spiro atoms. The number of hydrogen-bond donors (Lipinski definition) is 0. The molecule has 2 aliphatic rings. The lowest BCUT2D eigenvalue weighted by atomic mass is 9.95. The summed E-state index contributed by atoms with van der Waals surface area (Å²) in [6, 6.07) is 3.73. The monoisotopic (exact) mass is 472 g/mol. The van der Waals surface area contributed by atoms with Crippen molar-refractivity contribution in [3.63, 3.8) is 0 Å². The summed E-state index contributed by atoms with van der Waals surface area (Å²) in [5, 5.41) is 0. The molecule has 0 aromatic heterocycles. The average Bonchev–Trinajstić information content (AvgIpc) is 2.79. The van der Waals surface area contributed by atoms with E-state index in [1.54, 1.807) is 6.92 Å². The van der Waals surface area contributed by atoms with Crippen LogP contribution in [-0.2, 0) is 11.2 Å². The Kier molecular flexibility index (Phi) is 6.70. The van der Waals surface area contributed by atoms with E-state index >= 15 is 4.39 Å². The number of hydrogen-bond acceptors (Lipinski definition) is 4. The Balaban J connectivity index is 1.55. The highest BCUT2D eigenvalue weighted by atomic mass is 19.3. The highest BCUT2D eigenvalue weighted by Crippen LogP contribution is 2.46. The molecule has 9 heteroatoms. The first kappa shape index (κ1) is 23.6. The van der Waals surface area contributed by atoms with E-state index in [1.165, 1.54) is 12.1 Å². The van der Waals surface area contributed by atoms with E-state index in [4.69, 9.17) is 18.9 Å². The zero-order valence-corrected chi connectivity index (χ0v) is 18.4. The minimum atomic E-state index is -3.68. The van der Waals surface area contributed by atoms with Crippen LogP contribution >= 0.6 is 0 Å². The standard InChI is InChI=1S/C24H25F5O4/c1-3-5-16-8-7-15(12-31-16)24(28,29)33-17-9-6-13-10-14-11-18(30-4-2)19(25)21(27)23(14)32-22(13)20(17)26/h6,9,11,15-16H,3-5,7-8,10,12H2,1-2H3. The highest BCUT2D eigenvalue weighted by molar-refractivity contribution is 5.55. The Morgan fingerprint density at radius 3 is 2.39 bits per heavy atom. The molecule has 2 aliphatic heterocycles. The number of alkyl halides is 2. The summed E-state index contributed by atoms with van der Waals surface area (Å²) >= 11 is 0. The summed E-state index contributed by atoms with van der Waals surface area (Å²) in [6.07, 6.45) is -1.40. The van der Waals surface area contributed by atoms with E-state index in [1.807, 2.05) is 6.92 Å². The third-order valence-electron chi connectivity index (χ3n) is 5.94. The summed E-state index contributed by atoms with van der Waals surface area (Å²) in [5.41, 5.74) is 0.539. The predicted molar refractivity (Wildman–Crippen MR) is 110 cm³/mol. The van der Waals surface area contributed by atoms with Crippen LogP contribution in [0.5, 0.6) is 23.0 Å². The third-order valence-corrected chi connectivity index (χ3v) is 5.94. The second-order valence-corrected chi connectivity index (χ2v) is 8.25. The maximum atomic E-state index is 15.1. The van der Waals surface area contributed by atoms with E-state index in [-0.39, 0.29) is 49.0 Å². The van der Waals surface area contributed by atoms with E-state index in [2.05, 4.69) is 0 Å². The number of rotatable bonds is 7. The molecule has 1 fully saturated rings. The molecule has 2 unspecified atom stereocenters. The lowest BCUT2D eigenvalue weighted by molar-refractivity contribution is -0.242. The fourth-order valence-corrected chi connectivity index (χ4v) is 4.20. The van der Waals surface area contributed by atoms with Crippen molar-refractivity contribution in [3.05, 3.63) is 46.8 Å². The summed E-state index contributed by atoms with van der Waals surface area (Å²) in [4.78, 5) is 0. The molecule has 2 aromatic rings. The van der Waals surface area contributed by atoms with Crippen molar-refractivity contribution in [3.8, 4) is 23.0 Å². The van der Waals surface area contributed by atoms with Crippen molar-refractivity contribution < 1.29 is 40.9 Å². The zero-order chi connectivity index (χ0) is 23.8. The SMILES string of the molecule is CCCC1CCC(C(F)(F)Oc2ccc3c(c2F)Oc2c(cc(OCC)c(F)c2F)C3)CO1. The van der Waals surface area contributed by atoms with Crippen LogP contribution in [0.4, 0.5) is 22.0 Å². The molecular formula is C24H25F5O4. The van der Waals surface area contributed by atoms with Crippen molar-refractivity contribution in [1.29, 1.82) is 0 Å². The summed E-state index contributed by atoms with van der Waals surface area (Å²) in [6.45, 7) is 3.55. The zero-order valence-electron chi connectivity index (χ0n) is 18.4. The molecule has 0 radical (unpaired) electrons. The molecule has 0 N–H and O–H groups in total. The van der Waals surface area contributed by atoms with Gasteiger partial charge < -0.3 is 18.9 Å². The maximum absolute atomic E-state index is 15.1. The van der Waals surface area contributed by atoms with Gasteiger partial charge in [-0.3, -0.25) is 0 Å². The van der Waals surface area contributed by atoms with Crippen LogP contribution in [0, 0.1) is 23.4 Å². The summed E-state index contributed by atoms with van der Waals surface area (Å²) in [7, 11) is 0. The lowest BCUT2D eigenvalue weighted by Gasteiger charge is -2.33. The Morgan fingerprint density at radius 2 is 1.73 bits per heavy atom. The minimum Gasteiger partial charge on any atom is -0.491 e. The van der Waals surface area contributed by atoms with Gasteiger partial charge >= 0.3 is 6.11 Å². The van der Waals surface area contributed by atoms with E-state index in [0.717, 1.165) is 18.9 Å². The molecule has 180 valence electrons. The van der Waals surface area contributed by atoms with Crippen LogP contribution in [0.3, 0.4) is 0 Å². The van der Waals surface area contributed by atoms with Crippen LogP contribution in [0.15, 0.2) is 18.2 Å². The predicted octanol–water partition coefficient (Wildman–Crippen LogP) is 6.77. The van der Waals surface area contributed by atoms with Gasteiger partial charge in [-0.15, -0.1) is 0 Å². The largest absolute Gasteiger partial charge is 0.491 e. The second-order valence-electron chi connectivity index (χ2n) is 8.25. The van der Waals surface area contributed by atoms with Gasteiger partial charge in [-0.05, 0) is 38.3 Å². The van der Waals surface area contributed by atoms with Crippen molar-refractivity contribution in [2.75, 3.05) is 13.2 Å². The topological polar surface area (TPSA) is 36.9 Å². The number of fused-ring (bicyclic) bond motifs is 2. The van der Waals surface area contributed by atoms with Gasteiger partial charge in [-0.25, -0.2) is 0 Å². The molecule has 2 heterocycles. The van der Waals surface area contributed by atoms with Crippen molar-refractivity contribution in [1.82, 2.24) is 0 Å². The quantitative estimate of drug-likeness (QED) is 0.356. The smallest absolute Gasteiger partial charge is 0.403 e. The Hall–Kier alpha value is -2.55. The summed E-state index contributed by atoms with van der Waals surface area (Å²) in [5.74, 6) is -7.02.